The maximum atomic E-state index is 12.4. The number of amides is 1. The van der Waals surface area contributed by atoms with E-state index >= 15 is 0 Å². The molecule has 0 saturated carbocycles. The van der Waals surface area contributed by atoms with Crippen LogP contribution in [0.1, 0.15) is 22.3 Å². The average Bonchev–Trinajstić information content (AvgIpc) is 2.98. The fraction of sp³-hybridized carbons (Fsp3) is 0.368. The number of nitrogens with one attached hydrogen (secondary N) is 1. The van der Waals surface area contributed by atoms with Crippen LogP contribution in [-0.2, 0) is 11.2 Å². The molecule has 1 amide bonds. The molecule has 26 heavy (non-hydrogen) atoms. The van der Waals surface area contributed by atoms with Crippen molar-refractivity contribution in [2.75, 3.05) is 13.2 Å². The summed E-state index contributed by atoms with van der Waals surface area (Å²) in [7, 11) is 0. The number of carbonyl (C=O) groups excluding carboxylic acids is 1. The number of fused-ring (bicyclic) bond motifs is 3. The van der Waals surface area contributed by atoms with Gasteiger partial charge in [0.25, 0.3) is 0 Å². The van der Waals surface area contributed by atoms with Gasteiger partial charge in [-0.25, -0.2) is 4.79 Å². The fourth-order valence-corrected chi connectivity index (χ4v) is 3.20. The van der Waals surface area contributed by atoms with Gasteiger partial charge in [-0.3, -0.25) is 4.79 Å². The van der Waals surface area contributed by atoms with Crippen LogP contribution in [-0.4, -0.2) is 35.4 Å². The van der Waals surface area contributed by atoms with Crippen molar-refractivity contribution in [2.24, 2.45) is 0 Å². The van der Waals surface area contributed by atoms with Gasteiger partial charge >= 0.3 is 5.63 Å². The molecule has 1 atom stereocenters. The van der Waals surface area contributed by atoms with Gasteiger partial charge in [-0.15, -0.1) is 0 Å². The zero-order chi connectivity index (χ0) is 19.0. The van der Waals surface area contributed by atoms with Gasteiger partial charge in [0.05, 0.1) is 36.3 Å². The third-order valence-electron chi connectivity index (χ3n) is 4.55. The molecule has 3 aromatic rings. The summed E-state index contributed by atoms with van der Waals surface area (Å²) in [4.78, 5) is 24.5. The number of hydrogen-bond donors (Lipinski definition) is 3. The van der Waals surface area contributed by atoms with E-state index < -0.39 is 24.2 Å². The zero-order valence-corrected chi connectivity index (χ0v) is 14.9. The highest BCUT2D eigenvalue weighted by Gasteiger charge is 2.20. The molecule has 3 N–H and O–H groups in total. The predicted molar refractivity (Wildman–Crippen MR) is 96.3 cm³/mol. The summed E-state index contributed by atoms with van der Waals surface area (Å²) in [5, 5.41) is 22.2. The third-order valence-corrected chi connectivity index (χ3v) is 4.55. The van der Waals surface area contributed by atoms with Crippen LogP contribution in [0.5, 0.6) is 0 Å². The smallest absolute Gasteiger partial charge is 0.340 e. The largest absolute Gasteiger partial charge is 0.463 e. The van der Waals surface area contributed by atoms with E-state index in [9.17, 15) is 14.7 Å². The molecule has 1 aromatic carbocycles. The zero-order valence-electron chi connectivity index (χ0n) is 14.9. The van der Waals surface area contributed by atoms with E-state index in [0.717, 1.165) is 16.5 Å². The van der Waals surface area contributed by atoms with E-state index in [1.54, 1.807) is 19.3 Å². The van der Waals surface area contributed by atoms with Gasteiger partial charge in [0, 0.05) is 11.9 Å². The number of aryl methyl sites for hydroxylation is 3. The molecule has 0 aliphatic rings. The summed E-state index contributed by atoms with van der Waals surface area (Å²) in [6, 6.07) is 1.80. The molecule has 0 bridgehead atoms. The lowest BCUT2D eigenvalue weighted by Crippen LogP contribution is -2.35. The quantitative estimate of drug-likeness (QED) is 0.595. The van der Waals surface area contributed by atoms with Gasteiger partial charge in [-0.05, 0) is 43.5 Å². The summed E-state index contributed by atoms with van der Waals surface area (Å²) in [5.74, 6) is -0.439. The van der Waals surface area contributed by atoms with Gasteiger partial charge < -0.3 is 24.4 Å². The molecule has 2 aromatic heterocycles. The highest BCUT2D eigenvalue weighted by molar-refractivity contribution is 6.07. The van der Waals surface area contributed by atoms with Crippen LogP contribution in [0.4, 0.5) is 0 Å². The van der Waals surface area contributed by atoms with E-state index in [1.165, 1.54) is 0 Å². The Hall–Kier alpha value is -2.64. The van der Waals surface area contributed by atoms with Gasteiger partial charge in [-0.1, -0.05) is 0 Å². The molecular weight excluding hydrogens is 338 g/mol. The Kier molecular flexibility index (Phi) is 4.84. The first-order valence-electron chi connectivity index (χ1n) is 8.32. The maximum absolute atomic E-state index is 12.4. The van der Waals surface area contributed by atoms with E-state index in [0.29, 0.717) is 22.1 Å². The summed E-state index contributed by atoms with van der Waals surface area (Å²) >= 11 is 0. The first-order valence-corrected chi connectivity index (χ1v) is 8.32. The van der Waals surface area contributed by atoms with Gasteiger partial charge in [0.1, 0.15) is 11.2 Å². The molecule has 2 heterocycles. The van der Waals surface area contributed by atoms with Gasteiger partial charge in [0.2, 0.25) is 5.91 Å². The lowest BCUT2D eigenvalue weighted by Gasteiger charge is -2.11. The maximum Gasteiger partial charge on any atom is 0.340 e. The average molecular weight is 359 g/mol. The van der Waals surface area contributed by atoms with Crippen molar-refractivity contribution in [1.82, 2.24) is 5.32 Å². The molecule has 7 nitrogen and oxygen atoms in total. The lowest BCUT2D eigenvalue weighted by molar-refractivity contribution is -0.121. The monoisotopic (exact) mass is 359 g/mol. The molecule has 138 valence electrons. The predicted octanol–water partition coefficient (Wildman–Crippen LogP) is 1.48. The Morgan fingerprint density at radius 1 is 1.23 bits per heavy atom. The molecular formula is C19H21NO6. The number of furan rings is 1. The molecule has 7 heteroatoms. The minimum absolute atomic E-state index is 0.0892. The molecule has 3 rings (SSSR count). The number of hydrogen-bond acceptors (Lipinski definition) is 6. The van der Waals surface area contributed by atoms with E-state index in [4.69, 9.17) is 13.9 Å². The van der Waals surface area contributed by atoms with Crippen LogP contribution in [0, 0.1) is 20.8 Å². The highest BCUT2D eigenvalue weighted by atomic mass is 16.4. The number of aliphatic hydroxyl groups is 2. The minimum atomic E-state index is -1.04. The van der Waals surface area contributed by atoms with Crippen LogP contribution in [0.2, 0.25) is 0 Å². The van der Waals surface area contributed by atoms with E-state index in [1.807, 2.05) is 13.8 Å². The van der Waals surface area contributed by atoms with E-state index in [-0.39, 0.29) is 18.5 Å². The van der Waals surface area contributed by atoms with Crippen LogP contribution in [0.15, 0.2) is 26.0 Å². The molecule has 0 aliphatic heterocycles. The number of benzene rings is 1. The topological polar surface area (TPSA) is 113 Å². The molecule has 0 spiro atoms. The molecule has 0 radical (unpaired) electrons. The van der Waals surface area contributed by atoms with Crippen molar-refractivity contribution in [3.05, 3.63) is 45.0 Å². The summed E-state index contributed by atoms with van der Waals surface area (Å²) in [6.45, 7) is 5.09. The highest BCUT2D eigenvalue weighted by Crippen LogP contribution is 2.34. The Bertz CT molecular complexity index is 1050. The Labute approximate surface area is 149 Å². The Balaban J connectivity index is 2.07. The molecule has 0 saturated heterocycles. The first-order chi connectivity index (χ1) is 12.3. The SMILES string of the molecule is Cc1coc2c1c(C)cc1oc(=O)c(CC(=O)NC[C@H](O)CO)c(C)c12. The summed E-state index contributed by atoms with van der Waals surface area (Å²) in [5.41, 5.74) is 3.30. The number of carbonyl (C=O) groups is 1. The fourth-order valence-electron chi connectivity index (χ4n) is 3.20. The van der Waals surface area contributed by atoms with Crippen molar-refractivity contribution in [3.63, 3.8) is 0 Å². The second-order valence-electron chi connectivity index (χ2n) is 6.50. The first kappa shape index (κ1) is 18.2. The normalized spacial score (nSPS) is 12.7. The van der Waals surface area contributed by atoms with Crippen molar-refractivity contribution in [3.8, 4) is 0 Å². The van der Waals surface area contributed by atoms with Crippen LogP contribution in [0.25, 0.3) is 21.9 Å². The summed E-state index contributed by atoms with van der Waals surface area (Å²) < 4.78 is 11.1. The molecule has 0 fully saturated rings. The van der Waals surface area contributed by atoms with Crippen molar-refractivity contribution in [2.45, 2.75) is 33.3 Å². The summed E-state index contributed by atoms with van der Waals surface area (Å²) in [6.07, 6.45) is 0.434. The van der Waals surface area contributed by atoms with Crippen molar-refractivity contribution in [1.29, 1.82) is 0 Å². The van der Waals surface area contributed by atoms with Gasteiger partial charge in [-0.2, -0.15) is 0 Å². The number of rotatable bonds is 5. The number of aliphatic hydroxyl groups excluding tert-OH is 2. The molecule has 0 aliphatic carbocycles. The molecule has 0 unspecified atom stereocenters. The Morgan fingerprint density at radius 3 is 2.65 bits per heavy atom. The van der Waals surface area contributed by atoms with Gasteiger partial charge in [0.15, 0.2) is 0 Å². The van der Waals surface area contributed by atoms with Crippen molar-refractivity contribution >= 4 is 27.8 Å². The van der Waals surface area contributed by atoms with Crippen LogP contribution >= 0.6 is 0 Å². The lowest BCUT2D eigenvalue weighted by atomic mass is 9.99. The third kappa shape index (κ3) is 3.11. The second-order valence-corrected chi connectivity index (χ2v) is 6.50. The standard InChI is InChI=1S/C19H21NO6/c1-9-4-14-17(18-16(9)10(2)8-25-18)11(3)13(19(24)26-14)5-15(23)20-6-12(22)7-21/h4,8,12,21-22H,5-7H2,1-3H3,(H,20,23)/t12-/m0/s1. The minimum Gasteiger partial charge on any atom is -0.463 e. The van der Waals surface area contributed by atoms with E-state index in [2.05, 4.69) is 5.32 Å². The Morgan fingerprint density at radius 2 is 1.96 bits per heavy atom. The van der Waals surface area contributed by atoms with Crippen LogP contribution in [0.3, 0.4) is 0 Å². The second kappa shape index (κ2) is 6.93. The van der Waals surface area contributed by atoms with Crippen LogP contribution < -0.4 is 10.9 Å². The van der Waals surface area contributed by atoms with Crippen molar-refractivity contribution < 1.29 is 23.8 Å².